The van der Waals surface area contributed by atoms with Crippen LogP contribution >= 0.6 is 22.9 Å². The maximum absolute atomic E-state index is 13.4. The molecule has 2 heterocycles. The van der Waals surface area contributed by atoms with Crippen LogP contribution in [0.3, 0.4) is 0 Å². The monoisotopic (exact) mass is 490 g/mol. The molecule has 33 heavy (non-hydrogen) atoms. The minimum Gasteiger partial charge on any atom is -0.379 e. The van der Waals surface area contributed by atoms with Crippen LogP contribution in [0.15, 0.2) is 36.3 Å². The second kappa shape index (κ2) is 10.7. The van der Waals surface area contributed by atoms with Crippen molar-refractivity contribution < 1.29 is 14.0 Å². The van der Waals surface area contributed by atoms with E-state index in [0.717, 1.165) is 29.1 Å². The Kier molecular flexibility index (Phi) is 7.65. The highest BCUT2D eigenvalue weighted by Crippen LogP contribution is 2.28. The van der Waals surface area contributed by atoms with Gasteiger partial charge in [0, 0.05) is 23.7 Å². The second-order valence-electron chi connectivity index (χ2n) is 8.74. The number of halogens is 2. The Hall–Kier alpha value is -2.45. The molecule has 176 valence electrons. The molecule has 3 N–H and O–H groups in total. The standard InChI is InChI=1S/C24H28ClFN4O2S/c1-14-20(11-16(25)12-27-14)28-13-19-8-9-22(33-19)24(32)30-21(23(31)29-18-6-7-18)10-15-2-4-17(26)5-3-15/h4,8-9,11-12,15,18,21,28H,2-3,5-7,10,13H2,1H3,(H,29,31)(H,30,32)/t15?,21-/m0/s1. The van der Waals surface area contributed by atoms with Crippen LogP contribution in [0.2, 0.25) is 5.02 Å². The maximum atomic E-state index is 13.4. The summed E-state index contributed by atoms with van der Waals surface area (Å²) in [5, 5.41) is 9.78. The van der Waals surface area contributed by atoms with E-state index in [0.29, 0.717) is 42.1 Å². The lowest BCUT2D eigenvalue weighted by Crippen LogP contribution is -2.48. The number of carbonyl (C=O) groups is 2. The third kappa shape index (κ3) is 6.77. The van der Waals surface area contributed by atoms with Gasteiger partial charge in [-0.25, -0.2) is 4.39 Å². The first-order valence-corrected chi connectivity index (χ1v) is 12.5. The van der Waals surface area contributed by atoms with Crippen molar-refractivity contribution in [1.82, 2.24) is 15.6 Å². The van der Waals surface area contributed by atoms with Crippen molar-refractivity contribution in [2.45, 2.75) is 64.1 Å². The number of anilines is 1. The first-order chi connectivity index (χ1) is 15.9. The fourth-order valence-electron chi connectivity index (χ4n) is 3.86. The molecule has 0 bridgehead atoms. The number of pyridine rings is 1. The van der Waals surface area contributed by atoms with E-state index in [-0.39, 0.29) is 29.6 Å². The van der Waals surface area contributed by atoms with Gasteiger partial charge in [0.05, 0.1) is 27.1 Å². The predicted molar refractivity (Wildman–Crippen MR) is 129 cm³/mol. The average Bonchev–Trinajstić information content (AvgIpc) is 3.48. The first kappa shape index (κ1) is 23.7. The smallest absolute Gasteiger partial charge is 0.262 e. The Labute approximate surface area is 202 Å². The highest BCUT2D eigenvalue weighted by molar-refractivity contribution is 7.14. The largest absolute Gasteiger partial charge is 0.379 e. The van der Waals surface area contributed by atoms with E-state index in [1.54, 1.807) is 18.3 Å². The van der Waals surface area contributed by atoms with Crippen molar-refractivity contribution in [3.05, 3.63) is 56.8 Å². The molecule has 0 aliphatic heterocycles. The van der Waals surface area contributed by atoms with Crippen LogP contribution < -0.4 is 16.0 Å². The van der Waals surface area contributed by atoms with Crippen molar-refractivity contribution in [1.29, 1.82) is 0 Å². The number of amides is 2. The van der Waals surface area contributed by atoms with Crippen molar-refractivity contribution in [2.24, 2.45) is 5.92 Å². The molecule has 2 aliphatic rings. The predicted octanol–water partition coefficient (Wildman–Crippen LogP) is 5.14. The van der Waals surface area contributed by atoms with Gasteiger partial charge in [-0.3, -0.25) is 14.6 Å². The molecule has 1 unspecified atom stereocenters. The highest BCUT2D eigenvalue weighted by atomic mass is 35.5. The zero-order valence-electron chi connectivity index (χ0n) is 18.5. The van der Waals surface area contributed by atoms with Crippen LogP contribution in [0.5, 0.6) is 0 Å². The molecular weight excluding hydrogens is 463 g/mol. The van der Waals surface area contributed by atoms with E-state index in [1.165, 1.54) is 11.3 Å². The lowest BCUT2D eigenvalue weighted by atomic mass is 9.87. The summed E-state index contributed by atoms with van der Waals surface area (Å²) in [7, 11) is 0. The topological polar surface area (TPSA) is 83.1 Å². The maximum Gasteiger partial charge on any atom is 0.262 e. The number of aryl methyl sites for hydroxylation is 1. The molecule has 2 aromatic heterocycles. The molecule has 2 aliphatic carbocycles. The summed E-state index contributed by atoms with van der Waals surface area (Å²) in [6.45, 7) is 2.43. The number of aromatic nitrogens is 1. The van der Waals surface area contributed by atoms with Crippen molar-refractivity contribution in [3.63, 3.8) is 0 Å². The van der Waals surface area contributed by atoms with Crippen LogP contribution in [0.4, 0.5) is 10.1 Å². The molecule has 1 fully saturated rings. The highest BCUT2D eigenvalue weighted by Gasteiger charge is 2.31. The molecule has 2 aromatic rings. The molecule has 1 saturated carbocycles. The van der Waals surface area contributed by atoms with Crippen molar-refractivity contribution in [2.75, 3.05) is 5.32 Å². The SMILES string of the molecule is Cc1ncc(Cl)cc1NCc1ccc(C(=O)N[C@@H](CC2CC=C(F)CC2)C(=O)NC2CC2)s1. The molecule has 6 nitrogen and oxygen atoms in total. The number of nitrogens with zero attached hydrogens (tertiary/aromatic N) is 1. The fraction of sp³-hybridized carbons (Fsp3) is 0.458. The van der Waals surface area contributed by atoms with Gasteiger partial charge < -0.3 is 16.0 Å². The van der Waals surface area contributed by atoms with Gasteiger partial charge in [-0.05, 0) is 69.6 Å². The fourth-order valence-corrected chi connectivity index (χ4v) is 4.87. The number of carbonyl (C=O) groups excluding carboxylic acids is 2. The number of rotatable bonds is 9. The molecule has 0 saturated heterocycles. The third-order valence-corrected chi connectivity index (χ3v) is 7.26. The average molecular weight is 491 g/mol. The Morgan fingerprint density at radius 1 is 1.30 bits per heavy atom. The molecule has 2 amide bonds. The summed E-state index contributed by atoms with van der Waals surface area (Å²) >= 11 is 7.40. The molecule has 2 atom stereocenters. The van der Waals surface area contributed by atoms with Crippen LogP contribution in [0, 0.1) is 12.8 Å². The summed E-state index contributed by atoms with van der Waals surface area (Å²) in [4.78, 5) is 31.5. The summed E-state index contributed by atoms with van der Waals surface area (Å²) in [5.41, 5.74) is 1.69. The van der Waals surface area contributed by atoms with Crippen LogP contribution in [0.25, 0.3) is 0 Å². The van der Waals surface area contributed by atoms with Gasteiger partial charge in [0.1, 0.15) is 6.04 Å². The van der Waals surface area contributed by atoms with Gasteiger partial charge in [-0.2, -0.15) is 0 Å². The van der Waals surface area contributed by atoms with E-state index in [4.69, 9.17) is 11.6 Å². The van der Waals surface area contributed by atoms with Crippen LogP contribution in [-0.4, -0.2) is 28.9 Å². The van der Waals surface area contributed by atoms with Crippen molar-refractivity contribution in [3.8, 4) is 0 Å². The zero-order valence-corrected chi connectivity index (χ0v) is 20.1. The summed E-state index contributed by atoms with van der Waals surface area (Å²) in [5.74, 6) is -0.321. The number of thiophene rings is 1. The van der Waals surface area contributed by atoms with Crippen molar-refractivity contribution >= 4 is 40.4 Å². The molecule has 9 heteroatoms. The first-order valence-electron chi connectivity index (χ1n) is 11.3. The lowest BCUT2D eigenvalue weighted by Gasteiger charge is -2.25. The van der Waals surface area contributed by atoms with Gasteiger partial charge in [-0.15, -0.1) is 11.3 Å². The summed E-state index contributed by atoms with van der Waals surface area (Å²) < 4.78 is 13.4. The van der Waals surface area contributed by atoms with Gasteiger partial charge in [0.15, 0.2) is 0 Å². The minimum absolute atomic E-state index is 0.0854. The Morgan fingerprint density at radius 2 is 2.12 bits per heavy atom. The molecular formula is C24H28ClFN4O2S. The molecule has 0 aromatic carbocycles. The van der Waals surface area contributed by atoms with Gasteiger partial charge in [0.2, 0.25) is 5.91 Å². The quantitative estimate of drug-likeness (QED) is 0.454. The summed E-state index contributed by atoms with van der Waals surface area (Å²) in [6.07, 6.45) is 7.36. The van der Waals surface area contributed by atoms with Gasteiger partial charge in [-0.1, -0.05) is 17.7 Å². The Bertz CT molecular complexity index is 1050. The van der Waals surface area contributed by atoms with Crippen LogP contribution in [0.1, 0.15) is 58.8 Å². The normalized spacial score (nSPS) is 18.9. The number of hydrogen-bond acceptors (Lipinski definition) is 5. The summed E-state index contributed by atoms with van der Waals surface area (Å²) in [6, 6.07) is 5.08. The zero-order chi connectivity index (χ0) is 23.4. The molecule has 4 rings (SSSR count). The van der Waals surface area contributed by atoms with E-state index < -0.39 is 6.04 Å². The Morgan fingerprint density at radius 3 is 2.85 bits per heavy atom. The van der Waals surface area contributed by atoms with Gasteiger partial charge in [0.25, 0.3) is 5.91 Å². The second-order valence-corrected chi connectivity index (χ2v) is 10.3. The third-order valence-electron chi connectivity index (χ3n) is 5.97. The van der Waals surface area contributed by atoms with E-state index in [1.807, 2.05) is 19.1 Å². The number of hydrogen-bond donors (Lipinski definition) is 3. The molecule has 0 radical (unpaired) electrons. The van der Waals surface area contributed by atoms with Gasteiger partial charge >= 0.3 is 0 Å². The lowest BCUT2D eigenvalue weighted by molar-refractivity contribution is -0.123. The minimum atomic E-state index is -0.624. The van der Waals surface area contributed by atoms with E-state index >= 15 is 0 Å². The number of allylic oxidation sites excluding steroid dienone is 2. The molecule has 0 spiro atoms. The number of nitrogens with one attached hydrogen (secondary N) is 3. The van der Waals surface area contributed by atoms with E-state index in [2.05, 4.69) is 20.9 Å². The van der Waals surface area contributed by atoms with Crippen LogP contribution in [-0.2, 0) is 11.3 Å². The Balaban J connectivity index is 1.37. The van der Waals surface area contributed by atoms with E-state index in [9.17, 15) is 14.0 Å².